The zero-order valence-electron chi connectivity index (χ0n) is 21.2. The van der Waals surface area contributed by atoms with Crippen LogP contribution in [0.25, 0.3) is 0 Å². The van der Waals surface area contributed by atoms with Gasteiger partial charge in [0.05, 0.1) is 18.3 Å². The highest BCUT2D eigenvalue weighted by molar-refractivity contribution is 7.89. The summed E-state index contributed by atoms with van der Waals surface area (Å²) in [4.78, 5) is 18.5. The van der Waals surface area contributed by atoms with Crippen molar-refractivity contribution in [2.45, 2.75) is 57.9 Å². The van der Waals surface area contributed by atoms with Crippen LogP contribution in [0, 0.1) is 5.82 Å². The minimum Gasteiger partial charge on any atom is -0.339 e. The molecule has 1 saturated heterocycles. The molecule has 0 unspecified atom stereocenters. The second-order valence-corrected chi connectivity index (χ2v) is 12.9. The number of sulfonamides is 1. The Morgan fingerprint density at radius 2 is 1.78 bits per heavy atom. The van der Waals surface area contributed by atoms with Gasteiger partial charge in [-0.2, -0.15) is 4.31 Å². The Morgan fingerprint density at radius 3 is 2.53 bits per heavy atom. The van der Waals surface area contributed by atoms with Crippen LogP contribution in [0.3, 0.4) is 0 Å². The topological polar surface area (TPSA) is 60.9 Å². The van der Waals surface area contributed by atoms with Crippen LogP contribution in [0.1, 0.15) is 67.5 Å². The highest BCUT2D eigenvalue weighted by atomic mass is 32.2. The Kier molecular flexibility index (Phi) is 9.55. The fourth-order valence-corrected chi connectivity index (χ4v) is 7.74. The average Bonchev–Trinajstić information content (AvgIpc) is 3.35. The van der Waals surface area contributed by atoms with Crippen LogP contribution in [0.15, 0.2) is 35.7 Å². The molecule has 2 aliphatic heterocycles. The monoisotopic (exact) mass is 535 g/mol. The number of amides is 1. The van der Waals surface area contributed by atoms with Gasteiger partial charge in [0.2, 0.25) is 15.9 Å². The van der Waals surface area contributed by atoms with Gasteiger partial charge in [-0.15, -0.1) is 11.3 Å². The van der Waals surface area contributed by atoms with Crippen molar-refractivity contribution in [3.63, 3.8) is 0 Å². The van der Waals surface area contributed by atoms with Crippen molar-refractivity contribution in [3.8, 4) is 0 Å². The number of carbonyl (C=O) groups excluding carboxylic acids is 1. The fraction of sp³-hybridized carbons (Fsp3) is 0.593. The third kappa shape index (κ3) is 6.73. The maximum atomic E-state index is 14.0. The first-order chi connectivity index (χ1) is 17.4. The smallest absolute Gasteiger partial charge is 0.236 e. The Hall–Kier alpha value is -1.81. The number of benzene rings is 1. The van der Waals surface area contributed by atoms with Gasteiger partial charge < -0.3 is 4.90 Å². The largest absolute Gasteiger partial charge is 0.339 e. The molecule has 1 atom stereocenters. The molecule has 0 spiro atoms. The van der Waals surface area contributed by atoms with Crippen LogP contribution in [-0.4, -0.2) is 73.5 Å². The Labute approximate surface area is 219 Å². The van der Waals surface area contributed by atoms with E-state index < -0.39 is 10.0 Å². The molecule has 2 aromatic rings. The Morgan fingerprint density at radius 1 is 1.03 bits per heavy atom. The maximum Gasteiger partial charge on any atom is 0.236 e. The Bertz CT molecular complexity index is 1110. The van der Waals surface area contributed by atoms with Gasteiger partial charge >= 0.3 is 0 Å². The lowest BCUT2D eigenvalue weighted by atomic mass is 9.93. The van der Waals surface area contributed by atoms with Crippen LogP contribution < -0.4 is 0 Å². The SMILES string of the molecule is CCCCCCCCS(=O)(=O)N1CCN(C(=O)CN2CCc3sccc3[C@H]2c2cccc(F)c2)CC1. The first kappa shape index (κ1) is 27.2. The van der Waals surface area contributed by atoms with E-state index in [2.05, 4.69) is 23.3 Å². The molecule has 0 bridgehead atoms. The minimum absolute atomic E-state index is 0.00283. The fourth-order valence-electron chi connectivity index (χ4n) is 5.29. The summed E-state index contributed by atoms with van der Waals surface area (Å²) < 4.78 is 41.1. The number of carbonyl (C=O) groups is 1. The van der Waals surface area contributed by atoms with Gasteiger partial charge in [0, 0.05) is 37.6 Å². The van der Waals surface area contributed by atoms with Crippen LogP contribution >= 0.6 is 11.3 Å². The number of piperazine rings is 1. The van der Waals surface area contributed by atoms with Crippen molar-refractivity contribution in [1.82, 2.24) is 14.1 Å². The summed E-state index contributed by atoms with van der Waals surface area (Å²) in [5, 5.41) is 2.06. The van der Waals surface area contributed by atoms with Crippen molar-refractivity contribution >= 4 is 27.3 Å². The zero-order valence-corrected chi connectivity index (χ0v) is 22.8. The molecule has 2 aliphatic rings. The van der Waals surface area contributed by atoms with Crippen LogP contribution in [0.2, 0.25) is 0 Å². The third-order valence-corrected chi connectivity index (χ3v) is 10.3. The van der Waals surface area contributed by atoms with E-state index in [4.69, 9.17) is 0 Å². The van der Waals surface area contributed by atoms with Gasteiger partial charge in [-0.3, -0.25) is 9.69 Å². The van der Waals surface area contributed by atoms with Crippen LogP contribution in [0.5, 0.6) is 0 Å². The van der Waals surface area contributed by atoms with Crippen molar-refractivity contribution in [3.05, 3.63) is 57.5 Å². The lowest BCUT2D eigenvalue weighted by Gasteiger charge is -2.39. The molecule has 6 nitrogen and oxygen atoms in total. The summed E-state index contributed by atoms with van der Waals surface area (Å²) in [6.45, 7) is 4.67. The zero-order chi connectivity index (χ0) is 25.5. The molecule has 1 fully saturated rings. The third-order valence-electron chi connectivity index (χ3n) is 7.31. The van der Waals surface area contributed by atoms with Gasteiger partial charge in [-0.25, -0.2) is 12.8 Å². The lowest BCUT2D eigenvalue weighted by molar-refractivity contribution is -0.134. The summed E-state index contributed by atoms with van der Waals surface area (Å²) in [5.74, 6) is -0.0819. The standard InChI is InChI=1S/C27H38FN3O3S2/c1-2-3-4-5-6-7-19-36(33,34)31-16-14-29(15-17-31)26(32)21-30-13-11-25-24(12-18-35-25)27(30)22-9-8-10-23(28)20-22/h8-10,12,18,20,27H,2-7,11,13-17,19,21H2,1H3/t27-/m1/s1. The molecule has 1 amide bonds. The normalized spacial score (nSPS) is 19.4. The molecular formula is C27H38FN3O3S2. The number of nitrogens with zero attached hydrogens (tertiary/aromatic N) is 3. The van der Waals surface area contributed by atoms with E-state index >= 15 is 0 Å². The molecule has 198 valence electrons. The summed E-state index contributed by atoms with van der Waals surface area (Å²) >= 11 is 1.71. The van der Waals surface area contributed by atoms with E-state index in [1.165, 1.54) is 30.2 Å². The maximum absolute atomic E-state index is 14.0. The predicted octanol–water partition coefficient (Wildman–Crippen LogP) is 4.67. The van der Waals surface area contributed by atoms with Gasteiger partial charge in [0.1, 0.15) is 5.82 Å². The van der Waals surface area contributed by atoms with Gasteiger partial charge in [0.15, 0.2) is 0 Å². The first-order valence-corrected chi connectivity index (χ1v) is 15.7. The molecule has 0 N–H and O–H groups in total. The molecule has 0 aliphatic carbocycles. The predicted molar refractivity (Wildman–Crippen MR) is 143 cm³/mol. The summed E-state index contributed by atoms with van der Waals surface area (Å²) in [6.07, 6.45) is 7.17. The van der Waals surface area contributed by atoms with Crippen molar-refractivity contribution < 1.29 is 17.6 Å². The Balaban J connectivity index is 1.32. The number of rotatable bonds is 11. The van der Waals surface area contributed by atoms with Crippen LogP contribution in [0.4, 0.5) is 4.39 Å². The summed E-state index contributed by atoms with van der Waals surface area (Å²) in [6, 6.07) is 8.57. The average molecular weight is 536 g/mol. The van der Waals surface area contributed by atoms with Crippen molar-refractivity contribution in [2.75, 3.05) is 45.0 Å². The van der Waals surface area contributed by atoms with E-state index in [1.807, 2.05) is 6.07 Å². The second-order valence-electron chi connectivity index (χ2n) is 9.84. The number of halogens is 1. The highest BCUT2D eigenvalue weighted by Crippen LogP contribution is 2.37. The quantitative estimate of drug-likeness (QED) is 0.393. The summed E-state index contributed by atoms with van der Waals surface area (Å²) in [7, 11) is -3.28. The van der Waals surface area contributed by atoms with Crippen molar-refractivity contribution in [1.29, 1.82) is 0 Å². The van der Waals surface area contributed by atoms with E-state index in [1.54, 1.807) is 32.7 Å². The number of hydrogen-bond donors (Lipinski definition) is 0. The first-order valence-electron chi connectivity index (χ1n) is 13.2. The van der Waals surface area contributed by atoms with Crippen molar-refractivity contribution in [2.24, 2.45) is 0 Å². The molecule has 9 heteroatoms. The molecule has 1 aromatic heterocycles. The van der Waals surface area contributed by atoms with E-state index in [-0.39, 0.29) is 30.1 Å². The number of unbranched alkanes of at least 4 members (excludes halogenated alkanes) is 5. The number of thiophene rings is 1. The molecular weight excluding hydrogens is 497 g/mol. The van der Waals surface area contributed by atoms with E-state index in [9.17, 15) is 17.6 Å². The molecule has 0 radical (unpaired) electrons. The van der Waals surface area contributed by atoms with Crippen LogP contribution in [-0.2, 0) is 21.2 Å². The molecule has 4 rings (SSSR count). The molecule has 3 heterocycles. The number of fused-ring (bicyclic) bond motifs is 1. The molecule has 1 aromatic carbocycles. The molecule has 36 heavy (non-hydrogen) atoms. The minimum atomic E-state index is -3.28. The number of hydrogen-bond acceptors (Lipinski definition) is 5. The van der Waals surface area contributed by atoms with Gasteiger partial charge in [0.25, 0.3) is 0 Å². The molecule has 0 saturated carbocycles. The van der Waals surface area contributed by atoms with Gasteiger partial charge in [-0.05, 0) is 47.5 Å². The summed E-state index contributed by atoms with van der Waals surface area (Å²) in [5.41, 5.74) is 2.00. The van der Waals surface area contributed by atoms with E-state index in [0.29, 0.717) is 32.6 Å². The highest BCUT2D eigenvalue weighted by Gasteiger charge is 2.34. The van der Waals surface area contributed by atoms with E-state index in [0.717, 1.165) is 36.9 Å². The second kappa shape index (κ2) is 12.6. The van der Waals surface area contributed by atoms with Gasteiger partial charge in [-0.1, -0.05) is 51.2 Å². The lowest BCUT2D eigenvalue weighted by Crippen LogP contribution is -2.53.